The van der Waals surface area contributed by atoms with E-state index in [9.17, 15) is 18.9 Å². The van der Waals surface area contributed by atoms with Gasteiger partial charge in [-0.05, 0) is 0 Å². The Balaban J connectivity index is 3.28. The standard InChI is InChI=1S/C8H5F2N3O3/c9-8(10)16-5-1-4(3-11)7(13(14)15)6(12)2-5/h1-2,8H,12H2. The third-order valence-electron chi connectivity index (χ3n) is 1.64. The van der Waals surface area contributed by atoms with Crippen LogP contribution in [0.15, 0.2) is 12.1 Å². The molecule has 0 saturated heterocycles. The second-order valence-electron chi connectivity index (χ2n) is 2.66. The van der Waals surface area contributed by atoms with Gasteiger partial charge in [0.25, 0.3) is 0 Å². The molecule has 0 amide bonds. The Bertz CT molecular complexity index is 470. The van der Waals surface area contributed by atoms with E-state index < -0.39 is 34.2 Å². The number of ether oxygens (including phenoxy) is 1. The zero-order chi connectivity index (χ0) is 12.3. The van der Waals surface area contributed by atoms with Crippen molar-refractivity contribution < 1.29 is 18.4 Å². The fraction of sp³-hybridized carbons (Fsp3) is 0.125. The summed E-state index contributed by atoms with van der Waals surface area (Å²) < 4.78 is 27.7. The summed E-state index contributed by atoms with van der Waals surface area (Å²) in [6.07, 6.45) is 0. The Morgan fingerprint density at radius 3 is 2.62 bits per heavy atom. The third-order valence-corrected chi connectivity index (χ3v) is 1.64. The van der Waals surface area contributed by atoms with Crippen LogP contribution in [0.1, 0.15) is 5.56 Å². The maximum Gasteiger partial charge on any atom is 0.387 e. The van der Waals surface area contributed by atoms with Crippen LogP contribution in [0.2, 0.25) is 0 Å². The molecule has 0 aromatic heterocycles. The highest BCUT2D eigenvalue weighted by molar-refractivity contribution is 5.68. The molecule has 1 aromatic rings. The lowest BCUT2D eigenvalue weighted by Crippen LogP contribution is -2.05. The highest BCUT2D eigenvalue weighted by atomic mass is 19.3. The molecule has 0 atom stereocenters. The van der Waals surface area contributed by atoms with Crippen molar-refractivity contribution in [2.75, 3.05) is 5.73 Å². The second-order valence-corrected chi connectivity index (χ2v) is 2.66. The molecule has 2 N–H and O–H groups in total. The number of hydrogen-bond acceptors (Lipinski definition) is 5. The average molecular weight is 229 g/mol. The van der Waals surface area contributed by atoms with Gasteiger partial charge in [0.2, 0.25) is 0 Å². The van der Waals surface area contributed by atoms with Crippen LogP contribution < -0.4 is 10.5 Å². The normalized spacial score (nSPS) is 9.88. The minimum absolute atomic E-state index is 0.394. The first kappa shape index (κ1) is 11.6. The summed E-state index contributed by atoms with van der Waals surface area (Å²) in [4.78, 5) is 9.66. The Hall–Kier alpha value is -2.43. The first-order valence-corrected chi connectivity index (χ1v) is 3.88. The molecular weight excluding hydrogens is 224 g/mol. The topological polar surface area (TPSA) is 102 Å². The Kier molecular flexibility index (Phi) is 3.20. The summed E-state index contributed by atoms with van der Waals surface area (Å²) in [6.45, 7) is -3.09. The van der Waals surface area contributed by atoms with E-state index in [4.69, 9.17) is 11.0 Å². The molecule has 6 nitrogen and oxygen atoms in total. The van der Waals surface area contributed by atoms with Crippen molar-refractivity contribution in [3.63, 3.8) is 0 Å². The van der Waals surface area contributed by atoms with Crippen LogP contribution >= 0.6 is 0 Å². The number of anilines is 1. The molecule has 0 aliphatic carbocycles. The minimum atomic E-state index is -3.09. The average Bonchev–Trinajstić information content (AvgIpc) is 2.14. The van der Waals surface area contributed by atoms with Crippen LogP contribution in [-0.4, -0.2) is 11.5 Å². The summed E-state index contributed by atoms with van der Waals surface area (Å²) in [5.41, 5.74) is 3.80. The van der Waals surface area contributed by atoms with Crippen LogP contribution in [0, 0.1) is 21.4 Å². The lowest BCUT2D eigenvalue weighted by Gasteiger charge is -2.06. The number of nitro groups is 1. The first-order valence-electron chi connectivity index (χ1n) is 3.88. The molecule has 0 aliphatic rings. The molecule has 84 valence electrons. The summed E-state index contributed by atoms with van der Waals surface area (Å²) >= 11 is 0. The summed E-state index contributed by atoms with van der Waals surface area (Å²) in [5.74, 6) is -0.394. The van der Waals surface area contributed by atoms with Crippen LogP contribution in [0.25, 0.3) is 0 Å². The minimum Gasteiger partial charge on any atom is -0.435 e. The van der Waals surface area contributed by atoms with Crippen molar-refractivity contribution in [3.05, 3.63) is 27.8 Å². The van der Waals surface area contributed by atoms with Gasteiger partial charge >= 0.3 is 12.3 Å². The number of alkyl halides is 2. The summed E-state index contributed by atoms with van der Waals surface area (Å²) in [6, 6.07) is 3.19. The molecule has 1 rings (SSSR count). The fourth-order valence-electron chi connectivity index (χ4n) is 1.09. The molecule has 8 heteroatoms. The summed E-state index contributed by atoms with van der Waals surface area (Å²) in [5, 5.41) is 19.1. The number of hydrogen-bond donors (Lipinski definition) is 1. The molecular formula is C8H5F2N3O3. The zero-order valence-electron chi connectivity index (χ0n) is 7.68. The van der Waals surface area contributed by atoms with Crippen molar-refractivity contribution in [1.82, 2.24) is 0 Å². The zero-order valence-corrected chi connectivity index (χ0v) is 7.68. The maximum atomic E-state index is 11.9. The molecule has 0 spiro atoms. The van der Waals surface area contributed by atoms with Crippen molar-refractivity contribution in [1.29, 1.82) is 5.26 Å². The van der Waals surface area contributed by atoms with Gasteiger partial charge in [0, 0.05) is 12.1 Å². The Morgan fingerprint density at radius 2 is 2.19 bits per heavy atom. The highest BCUT2D eigenvalue weighted by Crippen LogP contribution is 2.31. The quantitative estimate of drug-likeness (QED) is 0.482. The van der Waals surface area contributed by atoms with Crippen LogP contribution in [0.4, 0.5) is 20.2 Å². The van der Waals surface area contributed by atoms with E-state index in [2.05, 4.69) is 4.74 Å². The lowest BCUT2D eigenvalue weighted by molar-refractivity contribution is -0.384. The second kappa shape index (κ2) is 4.39. The number of rotatable bonds is 3. The number of nitrogens with two attached hydrogens (primary N) is 1. The van der Waals surface area contributed by atoms with E-state index in [1.807, 2.05) is 0 Å². The van der Waals surface area contributed by atoms with Gasteiger partial charge < -0.3 is 10.5 Å². The third kappa shape index (κ3) is 2.33. The number of benzene rings is 1. The highest BCUT2D eigenvalue weighted by Gasteiger charge is 2.20. The molecule has 0 heterocycles. The SMILES string of the molecule is N#Cc1cc(OC(F)F)cc(N)c1[N+](=O)[O-]. The van der Waals surface area contributed by atoms with Gasteiger partial charge in [-0.15, -0.1) is 0 Å². The van der Waals surface area contributed by atoms with Crippen LogP contribution in [-0.2, 0) is 0 Å². The van der Waals surface area contributed by atoms with E-state index in [0.717, 1.165) is 12.1 Å². The number of halogens is 2. The van der Waals surface area contributed by atoms with Gasteiger partial charge in [0.05, 0.1) is 4.92 Å². The lowest BCUT2D eigenvalue weighted by atomic mass is 10.1. The van der Waals surface area contributed by atoms with E-state index in [-0.39, 0.29) is 0 Å². The van der Waals surface area contributed by atoms with E-state index in [1.54, 1.807) is 0 Å². The predicted octanol–water partition coefficient (Wildman–Crippen LogP) is 1.65. The van der Waals surface area contributed by atoms with Gasteiger partial charge in [0.15, 0.2) is 0 Å². The van der Waals surface area contributed by atoms with Crippen molar-refractivity contribution in [3.8, 4) is 11.8 Å². The van der Waals surface area contributed by atoms with Gasteiger partial charge in [-0.25, -0.2) is 0 Å². The van der Waals surface area contributed by atoms with Gasteiger partial charge in [-0.3, -0.25) is 10.1 Å². The monoisotopic (exact) mass is 229 g/mol. The van der Waals surface area contributed by atoms with E-state index in [0.29, 0.717) is 0 Å². The van der Waals surface area contributed by atoms with Crippen molar-refractivity contribution in [2.45, 2.75) is 6.61 Å². The summed E-state index contributed by atoms with van der Waals surface area (Å²) in [7, 11) is 0. The number of nitriles is 1. The molecule has 0 unspecified atom stereocenters. The molecule has 1 aromatic carbocycles. The molecule has 0 saturated carbocycles. The number of nitrogen functional groups attached to an aromatic ring is 1. The van der Waals surface area contributed by atoms with Gasteiger partial charge in [0.1, 0.15) is 23.1 Å². The van der Waals surface area contributed by atoms with E-state index in [1.165, 1.54) is 6.07 Å². The van der Waals surface area contributed by atoms with Gasteiger partial charge in [-0.1, -0.05) is 0 Å². The number of nitrogens with zero attached hydrogens (tertiary/aromatic N) is 2. The number of nitro benzene ring substituents is 1. The van der Waals surface area contributed by atoms with Gasteiger partial charge in [-0.2, -0.15) is 14.0 Å². The molecule has 0 bridgehead atoms. The molecule has 0 fully saturated rings. The molecule has 0 aliphatic heterocycles. The Labute approximate surface area is 88.0 Å². The first-order chi connectivity index (χ1) is 7.45. The molecule has 0 radical (unpaired) electrons. The maximum absolute atomic E-state index is 11.9. The molecule has 16 heavy (non-hydrogen) atoms. The largest absolute Gasteiger partial charge is 0.435 e. The Morgan fingerprint density at radius 1 is 1.56 bits per heavy atom. The van der Waals surface area contributed by atoms with Crippen LogP contribution in [0.3, 0.4) is 0 Å². The van der Waals surface area contributed by atoms with Crippen LogP contribution in [0.5, 0.6) is 5.75 Å². The van der Waals surface area contributed by atoms with Crippen molar-refractivity contribution in [2.24, 2.45) is 0 Å². The fourth-order valence-corrected chi connectivity index (χ4v) is 1.09. The van der Waals surface area contributed by atoms with E-state index >= 15 is 0 Å². The van der Waals surface area contributed by atoms with Crippen molar-refractivity contribution >= 4 is 11.4 Å². The smallest absolute Gasteiger partial charge is 0.387 e. The predicted molar refractivity (Wildman–Crippen MR) is 48.9 cm³/mol.